The average molecular weight is 446 g/mol. The lowest BCUT2D eigenvalue weighted by molar-refractivity contribution is -0.384. The summed E-state index contributed by atoms with van der Waals surface area (Å²) in [5.41, 5.74) is 1.73. The first-order valence-corrected chi connectivity index (χ1v) is 9.46. The predicted molar refractivity (Wildman–Crippen MR) is 111 cm³/mol. The minimum absolute atomic E-state index is 0.00880. The molecule has 32 heavy (non-hydrogen) atoms. The summed E-state index contributed by atoms with van der Waals surface area (Å²) < 4.78 is 36.7. The molecule has 0 bridgehead atoms. The Morgan fingerprint density at radius 1 is 1.12 bits per heavy atom. The largest absolute Gasteiger partial charge is 0.487 e. The van der Waals surface area contributed by atoms with Gasteiger partial charge in [-0.3, -0.25) is 14.9 Å². The molecule has 0 saturated heterocycles. The van der Waals surface area contributed by atoms with Crippen LogP contribution >= 0.6 is 0 Å². The van der Waals surface area contributed by atoms with Gasteiger partial charge in [0, 0.05) is 18.3 Å². The fourth-order valence-electron chi connectivity index (χ4n) is 2.91. The SMILES string of the molecule is Cc1cc(C)cc(OCn2ccc(C(=O)Nc3cc(OCC(F)F)cc([N+](=O)[O-])c3)n2)c1. The lowest BCUT2D eigenvalue weighted by Gasteiger charge is -2.09. The summed E-state index contributed by atoms with van der Waals surface area (Å²) in [5, 5.41) is 17.7. The third-order valence-corrected chi connectivity index (χ3v) is 4.17. The first-order chi connectivity index (χ1) is 15.2. The number of halogens is 2. The molecule has 11 heteroatoms. The average Bonchev–Trinajstić information content (AvgIpc) is 3.19. The van der Waals surface area contributed by atoms with Crippen LogP contribution in [0, 0.1) is 24.0 Å². The second-order valence-corrected chi connectivity index (χ2v) is 6.97. The number of hydrogen-bond donors (Lipinski definition) is 1. The van der Waals surface area contributed by atoms with Gasteiger partial charge < -0.3 is 14.8 Å². The highest BCUT2D eigenvalue weighted by atomic mass is 19.3. The van der Waals surface area contributed by atoms with Crippen molar-refractivity contribution in [1.29, 1.82) is 0 Å². The molecule has 0 atom stereocenters. The van der Waals surface area contributed by atoms with Crippen molar-refractivity contribution in [2.45, 2.75) is 27.0 Å². The number of carbonyl (C=O) groups excluding carboxylic acids is 1. The quantitative estimate of drug-likeness (QED) is 0.387. The molecule has 0 radical (unpaired) electrons. The molecule has 0 saturated carbocycles. The monoisotopic (exact) mass is 446 g/mol. The summed E-state index contributed by atoms with van der Waals surface area (Å²) in [5.74, 6) is -0.144. The number of ether oxygens (including phenoxy) is 2. The van der Waals surface area contributed by atoms with Crippen molar-refractivity contribution >= 4 is 17.3 Å². The second-order valence-electron chi connectivity index (χ2n) is 6.97. The molecule has 0 spiro atoms. The molecule has 0 aliphatic rings. The standard InChI is InChI=1S/C21H20F2N4O5/c1-13-5-14(2)7-17(6-13)32-12-26-4-3-19(25-26)21(28)24-15-8-16(27(29)30)10-18(9-15)31-11-20(22)23/h3-10,20H,11-12H2,1-2H3,(H,24,28). The molecule has 1 heterocycles. The molecule has 3 aromatic rings. The number of nitro groups is 1. The summed E-state index contributed by atoms with van der Waals surface area (Å²) in [6.07, 6.45) is -1.20. The van der Waals surface area contributed by atoms with E-state index in [1.54, 1.807) is 6.20 Å². The van der Waals surface area contributed by atoms with Crippen LogP contribution in [-0.2, 0) is 6.73 Å². The van der Waals surface area contributed by atoms with Crippen LogP contribution in [0.25, 0.3) is 0 Å². The van der Waals surface area contributed by atoms with E-state index in [0.29, 0.717) is 5.75 Å². The van der Waals surface area contributed by atoms with Crippen LogP contribution in [0.4, 0.5) is 20.2 Å². The van der Waals surface area contributed by atoms with Gasteiger partial charge in [0.2, 0.25) is 0 Å². The van der Waals surface area contributed by atoms with Gasteiger partial charge in [-0.05, 0) is 43.2 Å². The maximum absolute atomic E-state index is 12.5. The molecule has 0 unspecified atom stereocenters. The molecule has 1 amide bonds. The van der Waals surface area contributed by atoms with Gasteiger partial charge in [0.05, 0.1) is 16.7 Å². The number of alkyl halides is 2. The van der Waals surface area contributed by atoms with Crippen molar-refractivity contribution < 1.29 is 28.0 Å². The first kappa shape index (κ1) is 22.7. The Morgan fingerprint density at radius 2 is 1.81 bits per heavy atom. The van der Waals surface area contributed by atoms with Crippen LogP contribution in [0.3, 0.4) is 0 Å². The van der Waals surface area contributed by atoms with E-state index in [2.05, 4.69) is 10.4 Å². The molecular weight excluding hydrogens is 426 g/mol. The molecule has 0 aliphatic heterocycles. The molecule has 168 valence electrons. The zero-order chi connectivity index (χ0) is 23.3. The van der Waals surface area contributed by atoms with Crippen LogP contribution in [-0.4, -0.2) is 33.6 Å². The number of rotatable bonds is 9. The number of hydrogen-bond acceptors (Lipinski definition) is 6. The molecule has 0 fully saturated rings. The fourth-order valence-corrected chi connectivity index (χ4v) is 2.91. The number of non-ortho nitro benzene ring substituents is 1. The highest BCUT2D eigenvalue weighted by Gasteiger charge is 2.16. The van der Waals surface area contributed by atoms with Gasteiger partial charge in [0.25, 0.3) is 18.0 Å². The van der Waals surface area contributed by atoms with Crippen molar-refractivity contribution in [2.24, 2.45) is 0 Å². The number of aromatic nitrogens is 2. The van der Waals surface area contributed by atoms with Crippen LogP contribution < -0.4 is 14.8 Å². The summed E-state index contributed by atoms with van der Waals surface area (Å²) in [6, 6.07) is 10.5. The van der Waals surface area contributed by atoms with E-state index in [1.165, 1.54) is 16.8 Å². The third kappa shape index (κ3) is 6.24. The van der Waals surface area contributed by atoms with E-state index >= 15 is 0 Å². The molecule has 1 aromatic heterocycles. The Kier molecular flexibility index (Phi) is 6.98. The Labute approximate surface area is 181 Å². The van der Waals surface area contributed by atoms with Gasteiger partial charge in [-0.1, -0.05) is 6.07 Å². The van der Waals surface area contributed by atoms with Crippen LogP contribution in [0.15, 0.2) is 48.7 Å². The third-order valence-electron chi connectivity index (χ3n) is 4.17. The van der Waals surface area contributed by atoms with Gasteiger partial charge in [-0.2, -0.15) is 5.10 Å². The highest BCUT2D eigenvalue weighted by Crippen LogP contribution is 2.27. The topological polar surface area (TPSA) is 109 Å². The first-order valence-electron chi connectivity index (χ1n) is 9.46. The van der Waals surface area contributed by atoms with Crippen LogP contribution in [0.5, 0.6) is 11.5 Å². The fraction of sp³-hybridized carbons (Fsp3) is 0.238. The van der Waals surface area contributed by atoms with E-state index in [9.17, 15) is 23.7 Å². The Morgan fingerprint density at radius 3 is 2.47 bits per heavy atom. The smallest absolute Gasteiger partial charge is 0.276 e. The van der Waals surface area contributed by atoms with Crippen molar-refractivity contribution in [1.82, 2.24) is 9.78 Å². The number of benzene rings is 2. The number of anilines is 1. The van der Waals surface area contributed by atoms with Gasteiger partial charge in [0.1, 0.15) is 18.1 Å². The second kappa shape index (κ2) is 9.86. The lowest BCUT2D eigenvalue weighted by atomic mass is 10.1. The van der Waals surface area contributed by atoms with Crippen LogP contribution in [0.1, 0.15) is 21.6 Å². The summed E-state index contributed by atoms with van der Waals surface area (Å²) in [6.45, 7) is 3.04. The van der Waals surface area contributed by atoms with Gasteiger partial charge in [-0.15, -0.1) is 0 Å². The summed E-state index contributed by atoms with van der Waals surface area (Å²) in [7, 11) is 0. The van der Waals surface area contributed by atoms with E-state index in [4.69, 9.17) is 9.47 Å². The van der Waals surface area contributed by atoms with Crippen molar-refractivity contribution in [2.75, 3.05) is 11.9 Å². The van der Waals surface area contributed by atoms with E-state index in [-0.39, 0.29) is 23.9 Å². The van der Waals surface area contributed by atoms with E-state index in [0.717, 1.165) is 23.3 Å². The minimum Gasteiger partial charge on any atom is -0.487 e. The molecule has 2 aromatic carbocycles. The predicted octanol–water partition coefficient (Wildman–Crippen LogP) is 4.34. The Bertz CT molecular complexity index is 1110. The highest BCUT2D eigenvalue weighted by molar-refractivity contribution is 6.03. The molecule has 1 N–H and O–H groups in total. The minimum atomic E-state index is -2.75. The summed E-state index contributed by atoms with van der Waals surface area (Å²) >= 11 is 0. The van der Waals surface area contributed by atoms with Crippen molar-refractivity contribution in [3.8, 4) is 11.5 Å². The number of nitro benzene ring substituents is 1. The zero-order valence-electron chi connectivity index (χ0n) is 17.2. The van der Waals surface area contributed by atoms with E-state index < -0.39 is 29.6 Å². The zero-order valence-corrected chi connectivity index (χ0v) is 17.2. The molecular formula is C21H20F2N4O5. The number of amides is 1. The maximum atomic E-state index is 12.5. The molecule has 9 nitrogen and oxygen atoms in total. The Balaban J connectivity index is 1.68. The van der Waals surface area contributed by atoms with Gasteiger partial charge >= 0.3 is 0 Å². The maximum Gasteiger partial charge on any atom is 0.276 e. The van der Waals surface area contributed by atoms with Crippen molar-refractivity contribution in [3.05, 3.63) is 75.6 Å². The van der Waals surface area contributed by atoms with Gasteiger partial charge in [0.15, 0.2) is 12.4 Å². The Hall–Kier alpha value is -4.02. The van der Waals surface area contributed by atoms with E-state index in [1.807, 2.05) is 32.0 Å². The molecule has 3 rings (SSSR count). The number of nitrogens with zero attached hydrogens (tertiary/aromatic N) is 3. The number of aryl methyl sites for hydroxylation is 2. The summed E-state index contributed by atoms with van der Waals surface area (Å²) in [4.78, 5) is 22.9. The van der Waals surface area contributed by atoms with Crippen molar-refractivity contribution in [3.63, 3.8) is 0 Å². The number of carbonyl (C=O) groups is 1. The molecule has 0 aliphatic carbocycles. The number of nitrogens with one attached hydrogen (secondary N) is 1. The lowest BCUT2D eigenvalue weighted by Crippen LogP contribution is -2.15. The van der Waals surface area contributed by atoms with Crippen LogP contribution in [0.2, 0.25) is 0 Å². The normalized spacial score (nSPS) is 10.8. The van der Waals surface area contributed by atoms with Gasteiger partial charge in [-0.25, -0.2) is 13.5 Å².